The van der Waals surface area contributed by atoms with E-state index in [9.17, 15) is 5.11 Å². The highest BCUT2D eigenvalue weighted by atomic mass is 16.3. The van der Waals surface area contributed by atoms with Crippen LogP contribution >= 0.6 is 0 Å². The molecule has 2 nitrogen and oxygen atoms in total. The molecule has 1 unspecified atom stereocenters. The third kappa shape index (κ3) is 11.4. The first-order chi connectivity index (χ1) is 9.18. The Morgan fingerprint density at radius 1 is 0.632 bits per heavy atom. The lowest BCUT2D eigenvalue weighted by molar-refractivity contribution is -0.00372. The summed E-state index contributed by atoms with van der Waals surface area (Å²) in [6.45, 7) is 4.51. The molecule has 1 atom stereocenters. The van der Waals surface area contributed by atoms with Crippen molar-refractivity contribution in [3.05, 3.63) is 0 Å². The largest absolute Gasteiger partial charge is 0.396 e. The molecule has 0 aromatic heterocycles. The van der Waals surface area contributed by atoms with Crippen molar-refractivity contribution < 1.29 is 10.2 Å². The zero-order valence-corrected chi connectivity index (χ0v) is 13.3. The predicted octanol–water partition coefficient (Wildman–Crippen LogP) is 4.82. The lowest BCUT2D eigenvalue weighted by atomic mass is 9.87. The van der Waals surface area contributed by atoms with E-state index in [0.717, 1.165) is 32.1 Å². The molecule has 0 saturated heterocycles. The molecule has 0 rings (SSSR count). The second-order valence-corrected chi connectivity index (χ2v) is 6.03. The van der Waals surface area contributed by atoms with E-state index in [1.54, 1.807) is 0 Å². The lowest BCUT2D eigenvalue weighted by Crippen LogP contribution is -2.29. The first-order valence-corrected chi connectivity index (χ1v) is 8.51. The number of hydrogen-bond acceptors (Lipinski definition) is 2. The van der Waals surface area contributed by atoms with Gasteiger partial charge in [-0.1, -0.05) is 78.1 Å². The average molecular weight is 272 g/mol. The monoisotopic (exact) mass is 272 g/mol. The van der Waals surface area contributed by atoms with Gasteiger partial charge in [0.15, 0.2) is 0 Å². The van der Waals surface area contributed by atoms with Crippen LogP contribution in [0.15, 0.2) is 0 Å². The van der Waals surface area contributed by atoms with Crippen LogP contribution in [0.25, 0.3) is 0 Å². The summed E-state index contributed by atoms with van der Waals surface area (Å²) in [6, 6.07) is 0. The van der Waals surface area contributed by atoms with Crippen molar-refractivity contribution in [2.75, 3.05) is 6.61 Å². The number of aliphatic hydroxyl groups excluding tert-OH is 1. The average Bonchev–Trinajstić information content (AvgIpc) is 2.40. The fraction of sp³-hybridized carbons (Fsp3) is 1.00. The maximum Gasteiger partial charge on any atom is 0.0669 e. The zero-order valence-electron chi connectivity index (χ0n) is 13.3. The van der Waals surface area contributed by atoms with Gasteiger partial charge in [-0.2, -0.15) is 0 Å². The van der Waals surface area contributed by atoms with Gasteiger partial charge >= 0.3 is 0 Å². The summed E-state index contributed by atoms with van der Waals surface area (Å²) < 4.78 is 0. The highest BCUT2D eigenvalue weighted by Crippen LogP contribution is 2.25. The topological polar surface area (TPSA) is 40.5 Å². The fourth-order valence-corrected chi connectivity index (χ4v) is 2.68. The molecule has 0 aromatic carbocycles. The Balaban J connectivity index is 3.57. The summed E-state index contributed by atoms with van der Waals surface area (Å²) in [4.78, 5) is 0. The van der Waals surface area contributed by atoms with Gasteiger partial charge in [0.1, 0.15) is 0 Å². The van der Waals surface area contributed by atoms with Crippen LogP contribution in [-0.2, 0) is 0 Å². The van der Waals surface area contributed by atoms with Crippen molar-refractivity contribution in [1.29, 1.82) is 0 Å². The molecule has 0 amide bonds. The van der Waals surface area contributed by atoms with E-state index in [-0.39, 0.29) is 6.61 Å². The first kappa shape index (κ1) is 18.9. The number of hydrogen-bond donors (Lipinski definition) is 2. The van der Waals surface area contributed by atoms with E-state index in [1.165, 1.54) is 44.9 Å². The first-order valence-electron chi connectivity index (χ1n) is 8.51. The summed E-state index contributed by atoms with van der Waals surface area (Å²) in [6.07, 6.45) is 14.8. The minimum atomic E-state index is -0.604. The number of aliphatic hydroxyl groups is 2. The smallest absolute Gasteiger partial charge is 0.0669 e. The van der Waals surface area contributed by atoms with Gasteiger partial charge in [-0.05, 0) is 19.3 Å². The van der Waals surface area contributed by atoms with Gasteiger partial charge < -0.3 is 10.2 Å². The third-order valence-corrected chi connectivity index (χ3v) is 4.07. The summed E-state index contributed by atoms with van der Waals surface area (Å²) >= 11 is 0. The van der Waals surface area contributed by atoms with Gasteiger partial charge in [0.25, 0.3) is 0 Å². The Kier molecular flexibility index (Phi) is 12.9. The Morgan fingerprint density at radius 2 is 1.11 bits per heavy atom. The molecule has 19 heavy (non-hydrogen) atoms. The Labute approximate surface area is 120 Å². The third-order valence-electron chi connectivity index (χ3n) is 4.07. The van der Waals surface area contributed by atoms with Crippen LogP contribution in [0.1, 0.15) is 97.3 Å². The number of rotatable bonds is 14. The van der Waals surface area contributed by atoms with Crippen LogP contribution in [0, 0.1) is 0 Å². The minimum absolute atomic E-state index is 0.108. The van der Waals surface area contributed by atoms with Crippen molar-refractivity contribution in [3.63, 3.8) is 0 Å². The summed E-state index contributed by atoms with van der Waals surface area (Å²) in [5, 5.41) is 19.5. The van der Waals surface area contributed by atoms with Crippen LogP contribution in [0.3, 0.4) is 0 Å². The second-order valence-electron chi connectivity index (χ2n) is 6.03. The Morgan fingerprint density at radius 3 is 1.63 bits per heavy atom. The molecule has 0 bridgehead atoms. The van der Waals surface area contributed by atoms with Gasteiger partial charge in [0.05, 0.1) is 5.60 Å². The molecular weight excluding hydrogens is 236 g/mol. The molecule has 0 aliphatic carbocycles. The molecular formula is C17H36O2. The highest BCUT2D eigenvalue weighted by molar-refractivity contribution is 4.77. The molecule has 0 fully saturated rings. The Bertz CT molecular complexity index is 182. The van der Waals surface area contributed by atoms with Gasteiger partial charge in [-0.25, -0.2) is 0 Å². The van der Waals surface area contributed by atoms with Crippen LogP contribution in [0.2, 0.25) is 0 Å². The maximum atomic E-state index is 10.5. The van der Waals surface area contributed by atoms with Crippen LogP contribution in [0.4, 0.5) is 0 Å². The van der Waals surface area contributed by atoms with Gasteiger partial charge in [0.2, 0.25) is 0 Å². The SMILES string of the molecule is CCCCCCCCCCC(O)(CCO)CCCC. The van der Waals surface area contributed by atoms with Gasteiger partial charge in [0, 0.05) is 6.61 Å². The fourth-order valence-electron chi connectivity index (χ4n) is 2.68. The molecule has 2 heteroatoms. The molecule has 0 spiro atoms. The molecule has 0 aromatic rings. The maximum absolute atomic E-state index is 10.5. The van der Waals surface area contributed by atoms with Crippen LogP contribution in [-0.4, -0.2) is 22.4 Å². The van der Waals surface area contributed by atoms with E-state index in [1.807, 2.05) is 0 Å². The quantitative estimate of drug-likeness (QED) is 0.445. The van der Waals surface area contributed by atoms with Gasteiger partial charge in [-0.3, -0.25) is 0 Å². The predicted molar refractivity (Wildman–Crippen MR) is 83.4 cm³/mol. The molecule has 116 valence electrons. The van der Waals surface area contributed by atoms with E-state index in [2.05, 4.69) is 13.8 Å². The highest BCUT2D eigenvalue weighted by Gasteiger charge is 2.24. The van der Waals surface area contributed by atoms with Crippen molar-refractivity contribution in [2.24, 2.45) is 0 Å². The normalized spacial score (nSPS) is 14.5. The molecule has 0 aliphatic rings. The summed E-state index contributed by atoms with van der Waals surface area (Å²) in [7, 11) is 0. The second kappa shape index (κ2) is 12.9. The van der Waals surface area contributed by atoms with E-state index >= 15 is 0 Å². The summed E-state index contributed by atoms with van der Waals surface area (Å²) in [5.74, 6) is 0. The zero-order chi connectivity index (χ0) is 14.4. The van der Waals surface area contributed by atoms with Gasteiger partial charge in [-0.15, -0.1) is 0 Å². The standard InChI is InChI=1S/C17H36O2/c1-3-5-7-8-9-10-11-12-14-17(19,15-16-18)13-6-4-2/h18-19H,3-16H2,1-2H3. The van der Waals surface area contributed by atoms with E-state index < -0.39 is 5.60 Å². The van der Waals surface area contributed by atoms with E-state index in [0.29, 0.717) is 6.42 Å². The van der Waals surface area contributed by atoms with Crippen molar-refractivity contribution >= 4 is 0 Å². The molecule has 2 N–H and O–H groups in total. The van der Waals surface area contributed by atoms with E-state index in [4.69, 9.17) is 5.11 Å². The van der Waals surface area contributed by atoms with Crippen molar-refractivity contribution in [3.8, 4) is 0 Å². The molecule has 0 radical (unpaired) electrons. The lowest BCUT2D eigenvalue weighted by Gasteiger charge is -2.27. The van der Waals surface area contributed by atoms with Crippen LogP contribution in [0.5, 0.6) is 0 Å². The van der Waals surface area contributed by atoms with Crippen molar-refractivity contribution in [2.45, 2.75) is 103 Å². The van der Waals surface area contributed by atoms with Crippen LogP contribution < -0.4 is 0 Å². The minimum Gasteiger partial charge on any atom is -0.396 e. The Hall–Kier alpha value is -0.0800. The summed E-state index contributed by atoms with van der Waals surface area (Å²) in [5.41, 5.74) is -0.604. The molecule has 0 heterocycles. The molecule has 0 saturated carbocycles. The van der Waals surface area contributed by atoms with Crippen molar-refractivity contribution in [1.82, 2.24) is 0 Å². The number of unbranched alkanes of at least 4 members (excludes halogenated alkanes) is 8. The molecule has 0 aliphatic heterocycles.